The van der Waals surface area contributed by atoms with Crippen LogP contribution in [-0.2, 0) is 5.41 Å². The Morgan fingerprint density at radius 1 is 1.13 bits per heavy atom. The Labute approximate surface area is 140 Å². The fourth-order valence-electron chi connectivity index (χ4n) is 2.22. The molecule has 23 heavy (non-hydrogen) atoms. The number of hydrogen-bond acceptors (Lipinski definition) is 5. The predicted molar refractivity (Wildman–Crippen MR) is 98.6 cm³/mol. The topological polar surface area (TPSA) is 41.4 Å². The van der Waals surface area contributed by atoms with Gasteiger partial charge in [0.05, 0.1) is 11.6 Å². The van der Waals surface area contributed by atoms with Crippen molar-refractivity contribution >= 4 is 33.6 Å². The van der Waals surface area contributed by atoms with Crippen LogP contribution in [0.2, 0.25) is 0 Å². The van der Waals surface area contributed by atoms with Crippen LogP contribution < -0.4 is 5.01 Å². The van der Waals surface area contributed by atoms with E-state index in [0.717, 1.165) is 21.6 Å². The molecule has 0 fully saturated rings. The standard InChI is InChI=1S/C18H20N4S/c1-18(2,3)15-10-14-16(19-12-20-17(14)23-15)22(4)21-11-13-8-6-5-7-9-13/h5-12H,1-4H3. The van der Waals surface area contributed by atoms with Gasteiger partial charge in [-0.15, -0.1) is 11.3 Å². The number of rotatable bonds is 3. The van der Waals surface area contributed by atoms with Crippen molar-refractivity contribution in [3.63, 3.8) is 0 Å². The lowest BCUT2D eigenvalue weighted by molar-refractivity contribution is 0.604. The fraction of sp³-hybridized carbons (Fsp3) is 0.278. The van der Waals surface area contributed by atoms with Crippen LogP contribution in [0.1, 0.15) is 31.2 Å². The van der Waals surface area contributed by atoms with Crippen LogP contribution in [0.4, 0.5) is 5.82 Å². The van der Waals surface area contributed by atoms with Gasteiger partial charge in [0.1, 0.15) is 11.2 Å². The van der Waals surface area contributed by atoms with Gasteiger partial charge >= 0.3 is 0 Å². The molecule has 0 radical (unpaired) electrons. The van der Waals surface area contributed by atoms with E-state index in [1.54, 1.807) is 22.7 Å². The third kappa shape index (κ3) is 3.40. The second-order valence-corrected chi connectivity index (χ2v) is 7.49. The molecule has 5 heteroatoms. The van der Waals surface area contributed by atoms with Crippen molar-refractivity contribution in [3.05, 3.63) is 53.2 Å². The summed E-state index contributed by atoms with van der Waals surface area (Å²) in [7, 11) is 1.91. The lowest BCUT2D eigenvalue weighted by Crippen LogP contribution is -2.11. The average molecular weight is 324 g/mol. The van der Waals surface area contributed by atoms with Gasteiger partial charge in [-0.25, -0.2) is 9.97 Å². The molecule has 1 aromatic carbocycles. The molecule has 3 rings (SSSR count). The zero-order valence-corrected chi connectivity index (χ0v) is 14.6. The van der Waals surface area contributed by atoms with Crippen molar-refractivity contribution in [1.82, 2.24) is 9.97 Å². The first-order valence-electron chi connectivity index (χ1n) is 7.53. The smallest absolute Gasteiger partial charge is 0.160 e. The monoisotopic (exact) mass is 324 g/mol. The molecule has 118 valence electrons. The van der Waals surface area contributed by atoms with Crippen LogP contribution in [0.5, 0.6) is 0 Å². The Morgan fingerprint density at radius 2 is 1.87 bits per heavy atom. The quantitative estimate of drug-likeness (QED) is 0.527. The number of benzene rings is 1. The zero-order chi connectivity index (χ0) is 16.4. The highest BCUT2D eigenvalue weighted by Gasteiger charge is 2.19. The molecule has 0 bridgehead atoms. The molecule has 0 spiro atoms. The Hall–Kier alpha value is -2.27. The number of thiophene rings is 1. The van der Waals surface area contributed by atoms with E-state index < -0.39 is 0 Å². The minimum atomic E-state index is 0.106. The van der Waals surface area contributed by atoms with Crippen molar-refractivity contribution in [2.75, 3.05) is 12.1 Å². The van der Waals surface area contributed by atoms with E-state index in [4.69, 9.17) is 0 Å². The minimum Gasteiger partial charge on any atom is -0.250 e. The largest absolute Gasteiger partial charge is 0.250 e. The summed E-state index contributed by atoms with van der Waals surface area (Å²) in [5, 5.41) is 7.36. The Balaban J connectivity index is 1.96. The Bertz CT molecular complexity index is 831. The lowest BCUT2D eigenvalue weighted by Gasteiger charge is -2.15. The molecule has 0 saturated heterocycles. The van der Waals surface area contributed by atoms with Crippen molar-refractivity contribution < 1.29 is 0 Å². The van der Waals surface area contributed by atoms with Gasteiger partial charge in [0.15, 0.2) is 5.82 Å². The van der Waals surface area contributed by atoms with Crippen molar-refractivity contribution in [1.29, 1.82) is 0 Å². The molecular formula is C18H20N4S. The first kappa shape index (κ1) is 15.6. The molecule has 0 aliphatic carbocycles. The average Bonchev–Trinajstić information content (AvgIpc) is 2.98. The molecule has 0 aliphatic rings. The third-order valence-corrected chi connectivity index (χ3v) is 5.00. The molecule has 2 heterocycles. The SMILES string of the molecule is CN(N=Cc1ccccc1)c1ncnc2sc(C(C)(C)C)cc12. The lowest BCUT2D eigenvalue weighted by atomic mass is 9.94. The number of aromatic nitrogens is 2. The first-order valence-corrected chi connectivity index (χ1v) is 8.34. The van der Waals surface area contributed by atoms with E-state index >= 15 is 0 Å². The van der Waals surface area contributed by atoms with E-state index in [0.29, 0.717) is 0 Å². The van der Waals surface area contributed by atoms with Gasteiger partial charge in [-0.1, -0.05) is 51.1 Å². The maximum Gasteiger partial charge on any atom is 0.160 e. The molecule has 0 amide bonds. The molecule has 4 nitrogen and oxygen atoms in total. The molecule has 2 aromatic heterocycles. The van der Waals surface area contributed by atoms with E-state index in [-0.39, 0.29) is 5.41 Å². The summed E-state index contributed by atoms with van der Waals surface area (Å²) >= 11 is 1.72. The number of hydrogen-bond donors (Lipinski definition) is 0. The minimum absolute atomic E-state index is 0.106. The van der Waals surface area contributed by atoms with Gasteiger partial charge in [0.2, 0.25) is 0 Å². The summed E-state index contributed by atoms with van der Waals surface area (Å²) in [4.78, 5) is 11.1. The van der Waals surface area contributed by atoms with Gasteiger partial charge in [0.25, 0.3) is 0 Å². The van der Waals surface area contributed by atoms with Gasteiger partial charge in [-0.2, -0.15) is 5.10 Å². The molecule has 0 N–H and O–H groups in total. The number of nitrogens with zero attached hydrogens (tertiary/aromatic N) is 4. The fourth-order valence-corrected chi connectivity index (χ4v) is 3.27. The number of fused-ring (bicyclic) bond motifs is 1. The number of hydrazone groups is 1. The normalized spacial score (nSPS) is 12.2. The highest BCUT2D eigenvalue weighted by Crippen LogP contribution is 2.36. The number of anilines is 1. The summed E-state index contributed by atoms with van der Waals surface area (Å²) in [6.45, 7) is 6.63. The maximum atomic E-state index is 4.51. The Kier molecular flexibility index (Phi) is 4.13. The second-order valence-electron chi connectivity index (χ2n) is 6.46. The van der Waals surface area contributed by atoms with Crippen LogP contribution in [0.25, 0.3) is 10.2 Å². The van der Waals surface area contributed by atoms with Crippen molar-refractivity contribution in [2.45, 2.75) is 26.2 Å². The van der Waals surface area contributed by atoms with Gasteiger partial charge in [0, 0.05) is 11.9 Å². The highest BCUT2D eigenvalue weighted by atomic mass is 32.1. The van der Waals surface area contributed by atoms with Crippen molar-refractivity contribution in [3.8, 4) is 0 Å². The van der Waals surface area contributed by atoms with Crippen LogP contribution >= 0.6 is 11.3 Å². The molecule has 0 atom stereocenters. The summed E-state index contributed by atoms with van der Waals surface area (Å²) < 4.78 is 0. The zero-order valence-electron chi connectivity index (χ0n) is 13.8. The van der Waals surface area contributed by atoms with E-state index in [9.17, 15) is 0 Å². The van der Waals surface area contributed by atoms with Gasteiger partial charge < -0.3 is 0 Å². The molecule has 3 aromatic rings. The van der Waals surface area contributed by atoms with E-state index in [1.165, 1.54) is 4.88 Å². The summed E-state index contributed by atoms with van der Waals surface area (Å²) in [5.74, 6) is 0.828. The Morgan fingerprint density at radius 3 is 2.57 bits per heavy atom. The molecule has 0 aliphatic heterocycles. The van der Waals surface area contributed by atoms with Crippen LogP contribution in [0, 0.1) is 0 Å². The van der Waals surface area contributed by atoms with Crippen LogP contribution in [-0.4, -0.2) is 23.2 Å². The molecular weight excluding hydrogens is 304 g/mol. The van der Waals surface area contributed by atoms with Gasteiger partial charge in [-0.05, 0) is 17.0 Å². The van der Waals surface area contributed by atoms with Crippen LogP contribution in [0.15, 0.2) is 47.8 Å². The van der Waals surface area contributed by atoms with E-state index in [1.807, 2.05) is 43.6 Å². The predicted octanol–water partition coefficient (Wildman–Crippen LogP) is 4.46. The van der Waals surface area contributed by atoms with Gasteiger partial charge in [-0.3, -0.25) is 5.01 Å². The molecule has 0 unspecified atom stereocenters. The summed E-state index contributed by atoms with van der Waals surface area (Å²) in [6.07, 6.45) is 3.44. The van der Waals surface area contributed by atoms with E-state index in [2.05, 4.69) is 41.9 Å². The maximum absolute atomic E-state index is 4.51. The highest BCUT2D eigenvalue weighted by molar-refractivity contribution is 7.18. The third-order valence-electron chi connectivity index (χ3n) is 3.53. The summed E-state index contributed by atoms with van der Waals surface area (Å²) in [5.41, 5.74) is 1.17. The second kappa shape index (κ2) is 6.08. The molecule has 0 saturated carbocycles. The van der Waals surface area contributed by atoms with Crippen LogP contribution in [0.3, 0.4) is 0 Å². The van der Waals surface area contributed by atoms with Crippen molar-refractivity contribution in [2.24, 2.45) is 5.10 Å². The first-order chi connectivity index (χ1) is 10.9. The summed E-state index contributed by atoms with van der Waals surface area (Å²) in [6, 6.07) is 12.2.